The molecule has 0 aliphatic rings. The van der Waals surface area contributed by atoms with Gasteiger partial charge in [-0.2, -0.15) is 0 Å². The molecule has 9 nitrogen and oxygen atoms in total. The zero-order chi connectivity index (χ0) is 73.3. The van der Waals surface area contributed by atoms with Crippen molar-refractivity contribution in [1.29, 1.82) is 0 Å². The molecule has 520 valence electrons. The van der Waals surface area contributed by atoms with Crippen LogP contribution in [-0.2, 0) is 0 Å². The predicted molar refractivity (Wildman–Crippen MR) is 437 cm³/mol. The van der Waals surface area contributed by atoms with Crippen LogP contribution in [0.5, 0.6) is 0 Å². The first-order valence-electron chi connectivity index (χ1n) is 36.3. The van der Waals surface area contributed by atoms with Crippen molar-refractivity contribution in [2.24, 2.45) is 0 Å². The summed E-state index contributed by atoms with van der Waals surface area (Å²) in [5.41, 5.74) is 22.0. The van der Waals surface area contributed by atoms with E-state index in [1.54, 1.807) is 0 Å². The number of hydrogen-bond acceptors (Lipinski definition) is 9. The Balaban J connectivity index is 0.000000131. The fourth-order valence-corrected chi connectivity index (χ4v) is 11.4. The summed E-state index contributed by atoms with van der Waals surface area (Å²) in [5.74, 6) is 5.79. The Labute approximate surface area is 621 Å². The Kier molecular flexibility index (Phi) is 26.0. The van der Waals surface area contributed by atoms with Gasteiger partial charge in [-0.25, -0.2) is 39.9 Å². The molecule has 15 aromatic rings. The number of pyridine rings is 2. The van der Waals surface area contributed by atoms with E-state index in [-0.39, 0.29) is 5.92 Å². The van der Waals surface area contributed by atoms with E-state index in [0.29, 0.717) is 23.7 Å². The topological polar surface area (TPSA) is 116 Å². The number of hydrogen-bond donors (Lipinski definition) is 0. The van der Waals surface area contributed by atoms with Crippen LogP contribution < -0.4 is 0 Å². The Morgan fingerprint density at radius 3 is 0.724 bits per heavy atom. The molecule has 5 heterocycles. The van der Waals surface area contributed by atoms with Crippen LogP contribution in [0.4, 0.5) is 0 Å². The number of rotatable bonds is 15. The molecule has 0 amide bonds. The minimum atomic E-state index is 0.262. The highest BCUT2D eigenvalue weighted by atomic mass is 15.0. The third-order valence-corrected chi connectivity index (χ3v) is 17.3. The highest BCUT2D eigenvalue weighted by molar-refractivity contribution is 5.73. The van der Waals surface area contributed by atoms with Crippen LogP contribution in [0.25, 0.3) is 113 Å². The van der Waals surface area contributed by atoms with E-state index in [9.17, 15) is 0 Å². The lowest BCUT2D eigenvalue weighted by Crippen LogP contribution is -2.04. The fourth-order valence-electron chi connectivity index (χ4n) is 11.4. The van der Waals surface area contributed by atoms with Crippen LogP contribution in [-0.4, -0.2) is 44.9 Å². The van der Waals surface area contributed by atoms with Crippen molar-refractivity contribution in [2.45, 2.75) is 98.8 Å². The van der Waals surface area contributed by atoms with E-state index >= 15 is 0 Å². The standard InChI is InChI=1S/2C20H19N.2C19H18N2.C18H17N3/c1-15(2)19-13-18(16-9-5-3-6-10-16)14-20(21-19)17-11-7-4-8-12-17;1-15(2)18-13-19(16-9-5-3-6-10-16)21-20(14-18)17-11-7-4-8-12-17;1-14(2)19-20-17(15-9-5-3-6-10-15)13-18(21-19)16-11-7-4-8-12-16;1-14(2)17-13-18(15-9-5-3-6-10-15)21-19(20-17)16-11-7-4-8-12-16;1-13(2)16-19-17(14-9-5-3-6-10-14)21-18(20-16)15-11-7-4-8-12-15/h2*3-15H,1-2H3;2*3-14H,1-2H3;3-13H,1-2H3. The molecule has 5 aromatic heterocycles. The Morgan fingerprint density at radius 1 is 0.162 bits per heavy atom. The van der Waals surface area contributed by atoms with Crippen molar-refractivity contribution in [3.05, 3.63) is 368 Å². The van der Waals surface area contributed by atoms with Crippen molar-refractivity contribution < 1.29 is 0 Å². The zero-order valence-corrected chi connectivity index (χ0v) is 61.7. The number of nitrogens with zero attached hydrogens (tertiary/aromatic N) is 9. The van der Waals surface area contributed by atoms with Gasteiger partial charge in [0.15, 0.2) is 17.5 Å². The molecule has 0 atom stereocenters. The first-order valence-corrected chi connectivity index (χ1v) is 36.3. The van der Waals surface area contributed by atoms with Gasteiger partial charge < -0.3 is 0 Å². The summed E-state index contributed by atoms with van der Waals surface area (Å²) >= 11 is 0. The molecule has 0 spiro atoms. The quantitative estimate of drug-likeness (QED) is 0.0989. The molecule has 0 aliphatic heterocycles. The lowest BCUT2D eigenvalue weighted by atomic mass is 9.98. The summed E-state index contributed by atoms with van der Waals surface area (Å²) in [5, 5.41) is 0. The van der Waals surface area contributed by atoms with Gasteiger partial charge in [0.25, 0.3) is 0 Å². The van der Waals surface area contributed by atoms with Gasteiger partial charge in [0, 0.05) is 73.3 Å². The summed E-state index contributed by atoms with van der Waals surface area (Å²) in [6.07, 6.45) is 0. The molecule has 0 fully saturated rings. The average molecular weight is 1370 g/mol. The van der Waals surface area contributed by atoms with Crippen molar-refractivity contribution in [3.63, 3.8) is 0 Å². The minimum absolute atomic E-state index is 0.262. The number of aromatic nitrogens is 9. The highest BCUT2D eigenvalue weighted by Crippen LogP contribution is 2.33. The molecular formula is C96H91N9. The zero-order valence-electron chi connectivity index (χ0n) is 61.7. The summed E-state index contributed by atoms with van der Waals surface area (Å²) in [6.45, 7) is 21.6. The maximum Gasteiger partial charge on any atom is 0.163 e. The van der Waals surface area contributed by atoms with Crippen LogP contribution in [0.1, 0.15) is 127 Å². The molecule has 0 radical (unpaired) electrons. The van der Waals surface area contributed by atoms with Crippen LogP contribution in [0, 0.1) is 0 Å². The highest BCUT2D eigenvalue weighted by Gasteiger charge is 2.16. The first-order chi connectivity index (χ1) is 51.2. The van der Waals surface area contributed by atoms with Crippen molar-refractivity contribution in [2.75, 3.05) is 0 Å². The molecule has 10 aromatic carbocycles. The second kappa shape index (κ2) is 37.0. The molecule has 15 rings (SSSR count). The van der Waals surface area contributed by atoms with Crippen LogP contribution in [0.2, 0.25) is 0 Å². The molecule has 0 N–H and O–H groups in total. The monoisotopic (exact) mass is 1370 g/mol. The lowest BCUT2D eigenvalue weighted by molar-refractivity contribution is 0.766. The van der Waals surface area contributed by atoms with Crippen LogP contribution in [0.3, 0.4) is 0 Å². The predicted octanol–water partition coefficient (Wildman–Crippen LogP) is 25.3. The lowest BCUT2D eigenvalue weighted by Gasteiger charge is -2.12. The van der Waals surface area contributed by atoms with E-state index < -0.39 is 0 Å². The molecule has 0 unspecified atom stereocenters. The SMILES string of the molecule is CC(C)c1cc(-c2ccccc2)cc(-c2ccccc2)n1.CC(C)c1cc(-c2ccccc2)nc(-c2ccccc2)c1.CC(C)c1cc(-c2ccccc2)nc(-c2ccccc2)n1.CC(C)c1nc(-c2ccccc2)cc(-c2ccccc2)n1.CC(C)c1nc(-c2ccccc2)nc(-c2ccccc2)n1. The van der Waals surface area contributed by atoms with Crippen molar-refractivity contribution in [3.8, 4) is 113 Å². The molecule has 0 saturated carbocycles. The maximum atomic E-state index is 4.86. The molecule has 9 heteroatoms. The van der Waals surface area contributed by atoms with E-state index in [0.717, 1.165) is 125 Å². The smallest absolute Gasteiger partial charge is 0.163 e. The largest absolute Gasteiger partial charge is 0.253 e. The van der Waals surface area contributed by atoms with Crippen molar-refractivity contribution >= 4 is 0 Å². The van der Waals surface area contributed by atoms with Gasteiger partial charge in [-0.1, -0.05) is 373 Å². The first kappa shape index (κ1) is 73.9. The van der Waals surface area contributed by atoms with E-state index in [1.807, 2.05) is 170 Å². The average Bonchev–Trinajstić information content (AvgIpc) is 0.859. The van der Waals surface area contributed by atoms with Crippen LogP contribution in [0.15, 0.2) is 340 Å². The third-order valence-electron chi connectivity index (χ3n) is 17.3. The summed E-state index contributed by atoms with van der Waals surface area (Å²) < 4.78 is 0. The Morgan fingerprint density at radius 2 is 0.419 bits per heavy atom. The third kappa shape index (κ3) is 20.9. The maximum absolute atomic E-state index is 4.86. The molecule has 105 heavy (non-hydrogen) atoms. The Bertz CT molecular complexity index is 4060. The summed E-state index contributed by atoms with van der Waals surface area (Å²) in [4.78, 5) is 42.4. The van der Waals surface area contributed by atoms with Gasteiger partial charge in [0.1, 0.15) is 11.6 Å². The van der Waals surface area contributed by atoms with E-state index in [2.05, 4.69) is 254 Å². The number of benzene rings is 10. The summed E-state index contributed by atoms with van der Waals surface area (Å²) in [7, 11) is 0. The summed E-state index contributed by atoms with van der Waals surface area (Å²) in [6, 6.07) is 116. The molecular weight excluding hydrogens is 1280 g/mol. The van der Waals surface area contributed by atoms with Gasteiger partial charge in [0.2, 0.25) is 0 Å². The fraction of sp³-hybridized carbons (Fsp3) is 0.156. The second-order valence-corrected chi connectivity index (χ2v) is 27.1. The van der Waals surface area contributed by atoms with Gasteiger partial charge in [-0.05, 0) is 70.8 Å². The normalized spacial score (nSPS) is 10.8. The van der Waals surface area contributed by atoms with Crippen molar-refractivity contribution in [1.82, 2.24) is 44.9 Å². The molecule has 0 aliphatic carbocycles. The van der Waals surface area contributed by atoms with Gasteiger partial charge in [-0.3, -0.25) is 4.98 Å². The molecule has 0 bridgehead atoms. The Hall–Kier alpha value is -12.3. The van der Waals surface area contributed by atoms with Gasteiger partial charge >= 0.3 is 0 Å². The van der Waals surface area contributed by atoms with Gasteiger partial charge in [-0.15, -0.1) is 0 Å². The van der Waals surface area contributed by atoms with E-state index in [4.69, 9.17) is 29.9 Å². The van der Waals surface area contributed by atoms with Crippen LogP contribution >= 0.6 is 0 Å². The second-order valence-electron chi connectivity index (χ2n) is 27.1. The van der Waals surface area contributed by atoms with E-state index in [1.165, 1.54) is 16.7 Å². The molecule has 0 saturated heterocycles. The van der Waals surface area contributed by atoms with Gasteiger partial charge in [0.05, 0.1) is 34.2 Å². The minimum Gasteiger partial charge on any atom is -0.253 e.